The van der Waals surface area contributed by atoms with Crippen LogP contribution in [0.5, 0.6) is 0 Å². The first-order valence-electron chi connectivity index (χ1n) is 8.03. The molecule has 5 nitrogen and oxygen atoms in total. The zero-order valence-corrected chi connectivity index (χ0v) is 14.2. The van der Waals surface area contributed by atoms with E-state index < -0.39 is 0 Å². The molecule has 0 aliphatic heterocycles. The molecule has 1 saturated carbocycles. The molecule has 6 heteroatoms. The lowest BCUT2D eigenvalue weighted by atomic mass is 10.2. The Balaban J connectivity index is 1.51. The maximum atomic E-state index is 12.6. The van der Waals surface area contributed by atoms with Crippen molar-refractivity contribution in [2.45, 2.75) is 32.2 Å². The van der Waals surface area contributed by atoms with Gasteiger partial charge in [0.25, 0.3) is 5.91 Å². The van der Waals surface area contributed by atoms with Gasteiger partial charge in [-0.2, -0.15) is 0 Å². The van der Waals surface area contributed by atoms with Crippen molar-refractivity contribution in [1.29, 1.82) is 0 Å². The molecule has 122 valence electrons. The largest absolute Gasteiger partial charge is 0.339 e. The molecule has 1 fully saturated rings. The van der Waals surface area contributed by atoms with Gasteiger partial charge in [0.2, 0.25) is 0 Å². The van der Waals surface area contributed by atoms with Crippen molar-refractivity contribution < 1.29 is 4.79 Å². The summed E-state index contributed by atoms with van der Waals surface area (Å²) in [5, 5.41) is 3.64. The molecule has 24 heavy (non-hydrogen) atoms. The molecule has 0 bridgehead atoms. The molecule has 0 saturated heterocycles. The Morgan fingerprint density at radius 2 is 2.12 bits per heavy atom. The second kappa shape index (κ2) is 6.20. The van der Waals surface area contributed by atoms with Crippen LogP contribution in [0.3, 0.4) is 0 Å². The molecular formula is C18H18N4OS. The van der Waals surface area contributed by atoms with Gasteiger partial charge < -0.3 is 4.57 Å². The van der Waals surface area contributed by atoms with E-state index in [1.54, 1.807) is 23.7 Å². The third-order valence-corrected chi connectivity index (χ3v) is 5.08. The number of aryl methyl sites for hydroxylation is 1. The summed E-state index contributed by atoms with van der Waals surface area (Å²) in [6.45, 7) is 2.72. The molecule has 0 unspecified atom stereocenters. The van der Waals surface area contributed by atoms with Crippen molar-refractivity contribution in [2.24, 2.45) is 0 Å². The summed E-state index contributed by atoms with van der Waals surface area (Å²) < 4.78 is 1.94. The first-order valence-corrected chi connectivity index (χ1v) is 8.85. The minimum atomic E-state index is -0.120. The van der Waals surface area contributed by atoms with Gasteiger partial charge in [-0.25, -0.2) is 4.98 Å². The highest BCUT2D eigenvalue weighted by Crippen LogP contribution is 2.43. The average molecular weight is 338 g/mol. The molecule has 1 N–H and O–H groups in total. The fourth-order valence-corrected chi connectivity index (χ4v) is 3.70. The van der Waals surface area contributed by atoms with E-state index in [2.05, 4.69) is 22.2 Å². The van der Waals surface area contributed by atoms with Crippen molar-refractivity contribution in [3.63, 3.8) is 0 Å². The molecule has 0 aromatic carbocycles. The summed E-state index contributed by atoms with van der Waals surface area (Å²) in [6, 6.07) is 7.62. The Bertz CT molecular complexity index is 864. The molecule has 4 rings (SSSR count). The van der Waals surface area contributed by atoms with Crippen LogP contribution in [-0.4, -0.2) is 20.4 Å². The third-order valence-electron chi connectivity index (χ3n) is 4.18. The molecule has 0 atom stereocenters. The van der Waals surface area contributed by atoms with E-state index in [-0.39, 0.29) is 5.91 Å². The fourth-order valence-electron chi connectivity index (χ4n) is 2.80. The van der Waals surface area contributed by atoms with Gasteiger partial charge in [0, 0.05) is 35.9 Å². The highest BCUT2D eigenvalue weighted by atomic mass is 32.1. The van der Waals surface area contributed by atoms with E-state index in [1.165, 1.54) is 17.7 Å². The SMILES string of the molecule is Cc1sc(NC(=O)c2cccn2Cc2ccncc2)nc1C1CC1. The predicted molar refractivity (Wildman–Crippen MR) is 94.6 cm³/mol. The van der Waals surface area contributed by atoms with Gasteiger partial charge >= 0.3 is 0 Å². The minimum absolute atomic E-state index is 0.120. The summed E-state index contributed by atoms with van der Waals surface area (Å²) >= 11 is 1.56. The monoisotopic (exact) mass is 338 g/mol. The quantitative estimate of drug-likeness (QED) is 0.769. The van der Waals surface area contributed by atoms with E-state index in [9.17, 15) is 4.79 Å². The van der Waals surface area contributed by atoms with Crippen LogP contribution in [-0.2, 0) is 6.54 Å². The second-order valence-electron chi connectivity index (χ2n) is 6.07. The number of carbonyl (C=O) groups is 1. The Kier molecular flexibility index (Phi) is 3.90. The lowest BCUT2D eigenvalue weighted by Crippen LogP contribution is -2.17. The molecule has 1 aliphatic rings. The van der Waals surface area contributed by atoms with Crippen LogP contribution < -0.4 is 5.32 Å². The van der Waals surface area contributed by atoms with Gasteiger partial charge in [0.1, 0.15) is 5.69 Å². The number of thiazole rings is 1. The van der Waals surface area contributed by atoms with Crippen LogP contribution in [0, 0.1) is 6.92 Å². The first-order chi connectivity index (χ1) is 11.7. The fraction of sp³-hybridized carbons (Fsp3) is 0.278. The van der Waals surface area contributed by atoms with Crippen LogP contribution in [0.4, 0.5) is 5.13 Å². The summed E-state index contributed by atoms with van der Waals surface area (Å²) in [5.41, 5.74) is 2.89. The molecule has 0 radical (unpaired) electrons. The molecule has 1 amide bonds. The van der Waals surface area contributed by atoms with Crippen molar-refractivity contribution in [1.82, 2.24) is 14.5 Å². The van der Waals surface area contributed by atoms with Crippen LogP contribution >= 0.6 is 11.3 Å². The Hall–Kier alpha value is -2.47. The lowest BCUT2D eigenvalue weighted by molar-refractivity contribution is 0.101. The number of carbonyl (C=O) groups excluding carboxylic acids is 1. The average Bonchev–Trinajstić information content (AvgIpc) is 3.21. The second-order valence-corrected chi connectivity index (χ2v) is 7.27. The Morgan fingerprint density at radius 3 is 2.88 bits per heavy atom. The smallest absolute Gasteiger partial charge is 0.274 e. The molecule has 0 spiro atoms. The molecular weight excluding hydrogens is 320 g/mol. The van der Waals surface area contributed by atoms with Crippen molar-refractivity contribution >= 4 is 22.4 Å². The number of pyridine rings is 1. The zero-order chi connectivity index (χ0) is 16.5. The minimum Gasteiger partial charge on any atom is -0.339 e. The van der Waals surface area contributed by atoms with Crippen LogP contribution in [0.2, 0.25) is 0 Å². The highest BCUT2D eigenvalue weighted by molar-refractivity contribution is 7.15. The maximum Gasteiger partial charge on any atom is 0.274 e. The number of rotatable bonds is 5. The summed E-state index contributed by atoms with van der Waals surface area (Å²) in [4.78, 5) is 22.4. The molecule has 3 aromatic heterocycles. The van der Waals surface area contributed by atoms with Gasteiger partial charge in [0.05, 0.1) is 5.69 Å². The van der Waals surface area contributed by atoms with Crippen LogP contribution in [0.1, 0.15) is 45.4 Å². The number of anilines is 1. The van der Waals surface area contributed by atoms with Gasteiger partial charge in [-0.15, -0.1) is 11.3 Å². The highest BCUT2D eigenvalue weighted by Gasteiger charge is 2.28. The number of hydrogen-bond acceptors (Lipinski definition) is 4. The summed E-state index contributed by atoms with van der Waals surface area (Å²) in [5.74, 6) is 0.479. The van der Waals surface area contributed by atoms with E-state index >= 15 is 0 Å². The van der Waals surface area contributed by atoms with Crippen molar-refractivity contribution in [3.05, 3.63) is 64.7 Å². The number of nitrogens with one attached hydrogen (secondary N) is 1. The standard InChI is InChI=1S/C18H18N4OS/c1-12-16(14-4-5-14)20-18(24-12)21-17(23)15-3-2-10-22(15)11-13-6-8-19-9-7-13/h2-3,6-10,14H,4-5,11H2,1H3,(H,20,21,23). The molecule has 3 heterocycles. The number of hydrogen-bond donors (Lipinski definition) is 1. The predicted octanol–water partition coefficient (Wildman–Crippen LogP) is 3.83. The van der Waals surface area contributed by atoms with Crippen molar-refractivity contribution in [2.75, 3.05) is 5.32 Å². The van der Waals surface area contributed by atoms with E-state index in [4.69, 9.17) is 0 Å². The maximum absolute atomic E-state index is 12.6. The number of aromatic nitrogens is 3. The Morgan fingerprint density at radius 1 is 1.33 bits per heavy atom. The number of amides is 1. The van der Waals surface area contributed by atoms with Crippen LogP contribution in [0.25, 0.3) is 0 Å². The summed E-state index contributed by atoms with van der Waals surface area (Å²) in [6.07, 6.45) is 7.87. The lowest BCUT2D eigenvalue weighted by Gasteiger charge is -2.08. The normalized spacial score (nSPS) is 13.9. The Labute approximate surface area is 144 Å². The van der Waals surface area contributed by atoms with E-state index in [0.717, 1.165) is 11.3 Å². The topological polar surface area (TPSA) is 59.8 Å². The van der Waals surface area contributed by atoms with E-state index in [0.29, 0.717) is 23.3 Å². The molecule has 3 aromatic rings. The number of nitrogens with zero attached hydrogens (tertiary/aromatic N) is 3. The summed E-state index contributed by atoms with van der Waals surface area (Å²) in [7, 11) is 0. The van der Waals surface area contributed by atoms with Gasteiger partial charge in [-0.1, -0.05) is 0 Å². The van der Waals surface area contributed by atoms with Crippen LogP contribution in [0.15, 0.2) is 42.9 Å². The van der Waals surface area contributed by atoms with E-state index in [1.807, 2.05) is 35.0 Å². The zero-order valence-electron chi connectivity index (χ0n) is 13.4. The molecule has 1 aliphatic carbocycles. The van der Waals surface area contributed by atoms with Gasteiger partial charge in [-0.3, -0.25) is 15.1 Å². The van der Waals surface area contributed by atoms with Crippen molar-refractivity contribution in [3.8, 4) is 0 Å². The van der Waals surface area contributed by atoms with Gasteiger partial charge in [0.15, 0.2) is 5.13 Å². The third kappa shape index (κ3) is 3.10. The van der Waals surface area contributed by atoms with Gasteiger partial charge in [-0.05, 0) is 49.6 Å². The first kappa shape index (κ1) is 15.1.